The quantitative estimate of drug-likeness (QED) is 0.550. The summed E-state index contributed by atoms with van der Waals surface area (Å²) in [7, 11) is 1.37. The zero-order valence-electron chi connectivity index (χ0n) is 16.1. The van der Waals surface area contributed by atoms with E-state index in [9.17, 15) is 18.4 Å². The number of rotatable bonds is 6. The summed E-state index contributed by atoms with van der Waals surface area (Å²) in [5.41, 5.74) is -0.133. The van der Waals surface area contributed by atoms with Crippen molar-refractivity contribution in [2.45, 2.75) is 29.7 Å². The molecule has 30 heavy (non-hydrogen) atoms. The van der Waals surface area contributed by atoms with Crippen LogP contribution < -0.4 is 19.5 Å². The summed E-state index contributed by atoms with van der Waals surface area (Å²) in [4.78, 5) is 27.1. The first kappa shape index (κ1) is 20.3. The number of benzene rings is 2. The van der Waals surface area contributed by atoms with Crippen LogP contribution in [0.4, 0.5) is 13.6 Å². The molecule has 7 nitrogen and oxygen atoms in total. The number of carbonyl (C=O) groups is 2. The molecule has 1 saturated heterocycles. The number of amides is 3. The number of thioether (sulfide) groups is 1. The highest BCUT2D eigenvalue weighted by Gasteiger charge is 2.49. The van der Waals surface area contributed by atoms with Crippen molar-refractivity contribution >= 4 is 23.7 Å². The molecule has 1 atom stereocenters. The van der Waals surface area contributed by atoms with Crippen LogP contribution in [-0.2, 0) is 16.9 Å². The van der Waals surface area contributed by atoms with Crippen LogP contribution in [0.15, 0.2) is 41.3 Å². The van der Waals surface area contributed by atoms with E-state index in [2.05, 4.69) is 5.32 Å². The van der Waals surface area contributed by atoms with Crippen LogP contribution in [-0.4, -0.2) is 36.5 Å². The van der Waals surface area contributed by atoms with Crippen molar-refractivity contribution in [3.63, 3.8) is 0 Å². The van der Waals surface area contributed by atoms with E-state index in [0.717, 1.165) is 4.90 Å². The number of methoxy groups -OCH3 is 1. The number of fused-ring (bicyclic) bond motifs is 1. The minimum Gasteiger partial charge on any atom is -0.496 e. The molecule has 0 aromatic heterocycles. The molecule has 4 rings (SSSR count). The summed E-state index contributed by atoms with van der Waals surface area (Å²) in [5.74, 6) is -1.69. The third-order valence-electron chi connectivity index (χ3n) is 5.01. The predicted molar refractivity (Wildman–Crippen MR) is 104 cm³/mol. The van der Waals surface area contributed by atoms with Gasteiger partial charge in [-0.3, -0.25) is 9.69 Å². The van der Waals surface area contributed by atoms with Gasteiger partial charge in [0.1, 0.15) is 11.3 Å². The number of halogens is 2. The summed E-state index contributed by atoms with van der Waals surface area (Å²) in [6.07, 6.45) is 0. The van der Waals surface area contributed by atoms with Crippen LogP contribution in [0.2, 0.25) is 0 Å². The lowest BCUT2D eigenvalue weighted by atomic mass is 9.91. The third-order valence-corrected chi connectivity index (χ3v) is 5.78. The number of imide groups is 1. The van der Waals surface area contributed by atoms with Gasteiger partial charge in [0.05, 0.1) is 18.6 Å². The van der Waals surface area contributed by atoms with Gasteiger partial charge in [-0.1, -0.05) is 23.9 Å². The Morgan fingerprint density at radius 2 is 1.97 bits per heavy atom. The minimum atomic E-state index is -2.59. The standard InChI is InChI=1S/C20H18F2N2O5S/c1-20(12-4-5-13-14(8-12)29-10-28-13)17(25)24(19(26)23-20)9-11-3-6-16(30-18(21)22)15(7-11)27-2/h3-8,18H,9-10H2,1-2H3,(H,23,26). The van der Waals surface area contributed by atoms with Crippen LogP contribution in [0, 0.1) is 0 Å². The van der Waals surface area contributed by atoms with Crippen molar-refractivity contribution < 1.29 is 32.6 Å². The van der Waals surface area contributed by atoms with E-state index in [1.54, 1.807) is 37.3 Å². The maximum absolute atomic E-state index is 13.1. The van der Waals surface area contributed by atoms with Gasteiger partial charge in [0.2, 0.25) is 6.79 Å². The highest BCUT2D eigenvalue weighted by Crippen LogP contribution is 2.39. The molecule has 2 aromatic rings. The lowest BCUT2D eigenvalue weighted by Gasteiger charge is -2.22. The first-order valence-electron chi connectivity index (χ1n) is 8.98. The molecular weight excluding hydrogens is 418 g/mol. The number of nitrogens with zero attached hydrogens (tertiary/aromatic N) is 1. The normalized spacial score (nSPS) is 20.1. The zero-order chi connectivity index (χ0) is 21.5. The Kier molecular flexibility index (Phi) is 5.19. The first-order valence-corrected chi connectivity index (χ1v) is 9.86. The number of hydrogen-bond acceptors (Lipinski definition) is 6. The topological polar surface area (TPSA) is 77.1 Å². The van der Waals surface area contributed by atoms with Gasteiger partial charge in [0.15, 0.2) is 11.5 Å². The van der Waals surface area contributed by atoms with Crippen LogP contribution >= 0.6 is 11.8 Å². The fourth-order valence-electron chi connectivity index (χ4n) is 3.43. The molecular formula is C20H18F2N2O5S. The molecule has 10 heteroatoms. The highest BCUT2D eigenvalue weighted by molar-refractivity contribution is 7.99. The number of carbonyl (C=O) groups excluding carboxylic acids is 2. The van der Waals surface area contributed by atoms with Crippen molar-refractivity contribution in [3.05, 3.63) is 47.5 Å². The van der Waals surface area contributed by atoms with E-state index in [4.69, 9.17) is 14.2 Å². The molecule has 0 spiro atoms. The van der Waals surface area contributed by atoms with Gasteiger partial charge in [-0.05, 0) is 42.3 Å². The summed E-state index contributed by atoms with van der Waals surface area (Å²) >= 11 is 0.369. The van der Waals surface area contributed by atoms with Gasteiger partial charge in [0.25, 0.3) is 11.7 Å². The Labute approximate surface area is 175 Å². The fourth-order valence-corrected chi connectivity index (χ4v) is 4.03. The van der Waals surface area contributed by atoms with Crippen molar-refractivity contribution in [2.75, 3.05) is 13.9 Å². The molecule has 2 aromatic carbocycles. The Morgan fingerprint density at radius 1 is 1.20 bits per heavy atom. The minimum absolute atomic E-state index is 0.0270. The van der Waals surface area contributed by atoms with Crippen LogP contribution in [0.1, 0.15) is 18.1 Å². The van der Waals surface area contributed by atoms with E-state index >= 15 is 0 Å². The molecule has 2 aliphatic rings. The molecule has 0 bridgehead atoms. The van der Waals surface area contributed by atoms with Crippen molar-refractivity contribution in [2.24, 2.45) is 0 Å². The molecule has 0 radical (unpaired) electrons. The maximum Gasteiger partial charge on any atom is 0.325 e. The van der Waals surface area contributed by atoms with Gasteiger partial charge >= 0.3 is 6.03 Å². The van der Waals surface area contributed by atoms with E-state index in [0.29, 0.717) is 34.4 Å². The Bertz CT molecular complexity index is 1020. The van der Waals surface area contributed by atoms with Crippen molar-refractivity contribution in [1.29, 1.82) is 0 Å². The molecule has 1 N–H and O–H groups in total. The highest BCUT2D eigenvalue weighted by atomic mass is 32.2. The SMILES string of the molecule is COc1cc(CN2C(=O)NC(C)(c3ccc4c(c3)OCO4)C2=O)ccc1SC(F)F. The number of hydrogen-bond donors (Lipinski definition) is 1. The first-order chi connectivity index (χ1) is 14.3. The second-order valence-corrected chi connectivity index (χ2v) is 7.91. The Morgan fingerprint density at radius 3 is 2.70 bits per heavy atom. The lowest BCUT2D eigenvalue weighted by molar-refractivity contribution is -0.131. The third kappa shape index (κ3) is 3.51. The van der Waals surface area contributed by atoms with E-state index in [1.807, 2.05) is 0 Å². The van der Waals surface area contributed by atoms with Crippen molar-refractivity contribution in [1.82, 2.24) is 10.2 Å². The average molecular weight is 436 g/mol. The molecule has 3 amide bonds. The van der Waals surface area contributed by atoms with Crippen molar-refractivity contribution in [3.8, 4) is 17.2 Å². The second kappa shape index (κ2) is 7.67. The number of nitrogens with one attached hydrogen (secondary N) is 1. The zero-order valence-corrected chi connectivity index (χ0v) is 16.9. The number of ether oxygens (including phenoxy) is 3. The summed E-state index contributed by atoms with van der Waals surface area (Å²) < 4.78 is 41.2. The van der Waals surface area contributed by atoms with Gasteiger partial charge in [0, 0.05) is 0 Å². The lowest BCUT2D eigenvalue weighted by Crippen LogP contribution is -2.40. The molecule has 0 saturated carbocycles. The Hall–Kier alpha value is -3.01. The summed E-state index contributed by atoms with van der Waals surface area (Å²) in [6.45, 7) is 1.69. The molecule has 158 valence electrons. The second-order valence-electron chi connectivity index (χ2n) is 6.88. The molecule has 2 heterocycles. The number of alkyl halides is 2. The van der Waals surface area contributed by atoms with E-state index < -0.39 is 23.2 Å². The average Bonchev–Trinajstić information content (AvgIpc) is 3.27. The summed E-state index contributed by atoms with van der Waals surface area (Å²) in [5, 5.41) is 2.73. The molecule has 1 fully saturated rings. The van der Waals surface area contributed by atoms with Crippen LogP contribution in [0.25, 0.3) is 0 Å². The monoisotopic (exact) mass is 436 g/mol. The predicted octanol–water partition coefficient (Wildman–Crippen LogP) is 3.71. The van der Waals surface area contributed by atoms with Gasteiger partial charge in [-0.2, -0.15) is 8.78 Å². The molecule has 2 aliphatic heterocycles. The van der Waals surface area contributed by atoms with Gasteiger partial charge in [-0.25, -0.2) is 4.79 Å². The fraction of sp³-hybridized carbons (Fsp3) is 0.300. The Balaban J connectivity index is 1.57. The van der Waals surface area contributed by atoms with Crippen LogP contribution in [0.5, 0.6) is 17.2 Å². The van der Waals surface area contributed by atoms with Gasteiger partial charge < -0.3 is 19.5 Å². The number of urea groups is 1. The van der Waals surface area contributed by atoms with Crippen LogP contribution in [0.3, 0.4) is 0 Å². The molecule has 0 aliphatic carbocycles. The maximum atomic E-state index is 13.1. The van der Waals surface area contributed by atoms with E-state index in [-0.39, 0.29) is 24.0 Å². The van der Waals surface area contributed by atoms with E-state index in [1.165, 1.54) is 13.2 Å². The molecule has 1 unspecified atom stereocenters. The summed E-state index contributed by atoms with van der Waals surface area (Å²) in [6, 6.07) is 9.13. The smallest absolute Gasteiger partial charge is 0.325 e. The largest absolute Gasteiger partial charge is 0.496 e. The van der Waals surface area contributed by atoms with Gasteiger partial charge in [-0.15, -0.1) is 0 Å².